The largest absolute Gasteiger partial charge is 0.496 e. The van der Waals surface area contributed by atoms with Crippen molar-refractivity contribution in [2.45, 2.75) is 19.4 Å². The lowest BCUT2D eigenvalue weighted by Gasteiger charge is -2.05. The zero-order valence-electron chi connectivity index (χ0n) is 11.6. The third kappa shape index (κ3) is 3.99. The van der Waals surface area contributed by atoms with Gasteiger partial charge in [-0.25, -0.2) is 4.68 Å². The molecule has 8 heteroatoms. The number of aliphatic hydroxyl groups is 1. The number of aliphatic hydroxyl groups excluding tert-OH is 1. The van der Waals surface area contributed by atoms with Crippen LogP contribution in [0.4, 0.5) is 5.69 Å². The van der Waals surface area contributed by atoms with Gasteiger partial charge in [0.25, 0.3) is 5.69 Å². The highest BCUT2D eigenvalue weighted by Crippen LogP contribution is 2.23. The standard InChI is InChI=1S/C13H16N4O4/c1-21-13-6-10(5-12(7-13)17(19)20)8-16-9-11(14-15-16)3-2-4-18/h5-7,9,18H,2-4,8H2,1H3. The summed E-state index contributed by atoms with van der Waals surface area (Å²) < 4.78 is 6.67. The molecule has 112 valence electrons. The van der Waals surface area contributed by atoms with Crippen LogP contribution in [0, 0.1) is 10.1 Å². The van der Waals surface area contributed by atoms with Crippen molar-refractivity contribution in [2.24, 2.45) is 0 Å². The number of nitrogens with zero attached hydrogens (tertiary/aromatic N) is 4. The number of nitro groups is 1. The molecule has 0 unspecified atom stereocenters. The molecule has 0 bridgehead atoms. The van der Waals surface area contributed by atoms with Crippen molar-refractivity contribution in [3.8, 4) is 5.75 Å². The number of aryl methyl sites for hydroxylation is 1. The number of hydrogen-bond acceptors (Lipinski definition) is 6. The maximum absolute atomic E-state index is 10.9. The minimum atomic E-state index is -0.458. The number of benzene rings is 1. The van der Waals surface area contributed by atoms with Crippen LogP contribution in [0.25, 0.3) is 0 Å². The van der Waals surface area contributed by atoms with Crippen LogP contribution in [-0.4, -0.2) is 38.7 Å². The molecule has 0 atom stereocenters. The van der Waals surface area contributed by atoms with Crippen LogP contribution >= 0.6 is 0 Å². The zero-order valence-corrected chi connectivity index (χ0v) is 11.6. The fraction of sp³-hybridized carbons (Fsp3) is 0.385. The number of aromatic nitrogens is 3. The second kappa shape index (κ2) is 6.80. The van der Waals surface area contributed by atoms with E-state index in [1.54, 1.807) is 16.9 Å². The van der Waals surface area contributed by atoms with Gasteiger partial charge in [-0.1, -0.05) is 5.21 Å². The summed E-state index contributed by atoms with van der Waals surface area (Å²) in [5.74, 6) is 0.430. The van der Waals surface area contributed by atoms with Crippen LogP contribution in [0.5, 0.6) is 5.75 Å². The van der Waals surface area contributed by atoms with E-state index in [4.69, 9.17) is 9.84 Å². The van der Waals surface area contributed by atoms with Gasteiger partial charge in [-0.05, 0) is 24.5 Å². The Balaban J connectivity index is 2.16. The Labute approximate surface area is 121 Å². The molecule has 0 radical (unpaired) electrons. The summed E-state index contributed by atoms with van der Waals surface area (Å²) in [5.41, 5.74) is 1.46. The average Bonchev–Trinajstić information content (AvgIpc) is 2.92. The Morgan fingerprint density at radius 3 is 2.90 bits per heavy atom. The van der Waals surface area contributed by atoms with Crippen LogP contribution in [0.3, 0.4) is 0 Å². The van der Waals surface area contributed by atoms with E-state index in [0.717, 1.165) is 5.69 Å². The molecule has 2 rings (SSSR count). The zero-order chi connectivity index (χ0) is 15.2. The molecule has 0 aliphatic carbocycles. The molecule has 0 aliphatic rings. The summed E-state index contributed by atoms with van der Waals surface area (Å²) >= 11 is 0. The molecular weight excluding hydrogens is 276 g/mol. The van der Waals surface area contributed by atoms with Gasteiger partial charge >= 0.3 is 0 Å². The van der Waals surface area contributed by atoms with Crippen molar-refractivity contribution in [1.82, 2.24) is 15.0 Å². The van der Waals surface area contributed by atoms with E-state index in [1.165, 1.54) is 19.2 Å². The minimum Gasteiger partial charge on any atom is -0.496 e. The Morgan fingerprint density at radius 1 is 1.43 bits per heavy atom. The number of ether oxygens (including phenoxy) is 1. The van der Waals surface area contributed by atoms with E-state index in [1.807, 2.05) is 0 Å². The maximum Gasteiger partial charge on any atom is 0.273 e. The van der Waals surface area contributed by atoms with Crippen molar-refractivity contribution >= 4 is 5.69 Å². The van der Waals surface area contributed by atoms with Crippen LogP contribution in [0.15, 0.2) is 24.4 Å². The number of hydrogen-bond donors (Lipinski definition) is 1. The van der Waals surface area contributed by atoms with Crippen LogP contribution in [0.2, 0.25) is 0 Å². The average molecular weight is 292 g/mol. The van der Waals surface area contributed by atoms with Crippen molar-refractivity contribution in [2.75, 3.05) is 13.7 Å². The summed E-state index contributed by atoms with van der Waals surface area (Å²) in [4.78, 5) is 10.4. The Morgan fingerprint density at radius 2 is 2.24 bits per heavy atom. The van der Waals surface area contributed by atoms with Crippen LogP contribution < -0.4 is 4.74 Å². The molecule has 1 aromatic heterocycles. The molecule has 0 saturated carbocycles. The first-order valence-corrected chi connectivity index (χ1v) is 6.44. The van der Waals surface area contributed by atoms with Gasteiger partial charge in [0, 0.05) is 18.9 Å². The second-order valence-corrected chi connectivity index (χ2v) is 4.53. The summed E-state index contributed by atoms with van der Waals surface area (Å²) in [6.07, 6.45) is 3.04. The van der Waals surface area contributed by atoms with Crippen molar-refractivity contribution < 1.29 is 14.8 Å². The summed E-state index contributed by atoms with van der Waals surface area (Å²) in [5, 5.41) is 27.6. The first kappa shape index (κ1) is 14.9. The van der Waals surface area contributed by atoms with Crippen molar-refractivity contribution in [3.05, 3.63) is 45.8 Å². The topological polar surface area (TPSA) is 103 Å². The van der Waals surface area contributed by atoms with E-state index >= 15 is 0 Å². The quantitative estimate of drug-likeness (QED) is 0.607. The highest BCUT2D eigenvalue weighted by atomic mass is 16.6. The SMILES string of the molecule is COc1cc(Cn2cc(CCCO)nn2)cc([N+](=O)[O-])c1. The van der Waals surface area contributed by atoms with Gasteiger partial charge in [0.1, 0.15) is 5.75 Å². The predicted octanol–water partition coefficient (Wildman–Crippen LogP) is 1.17. The predicted molar refractivity (Wildman–Crippen MR) is 74.2 cm³/mol. The minimum absolute atomic E-state index is 0.0232. The van der Waals surface area contributed by atoms with Gasteiger partial charge in [0.2, 0.25) is 0 Å². The Hall–Kier alpha value is -2.48. The third-order valence-corrected chi connectivity index (χ3v) is 2.92. The summed E-state index contributed by atoms with van der Waals surface area (Å²) in [6, 6.07) is 4.58. The maximum atomic E-state index is 10.9. The number of rotatable bonds is 7. The van der Waals surface area contributed by atoms with Gasteiger partial charge in [0.05, 0.1) is 30.3 Å². The molecule has 0 fully saturated rings. The number of non-ortho nitro benzene ring substituents is 1. The Kier molecular flexibility index (Phi) is 4.83. The first-order valence-electron chi connectivity index (χ1n) is 6.44. The lowest BCUT2D eigenvalue weighted by atomic mass is 10.2. The van der Waals surface area contributed by atoms with E-state index in [2.05, 4.69) is 10.3 Å². The lowest BCUT2D eigenvalue weighted by Crippen LogP contribution is -2.02. The highest BCUT2D eigenvalue weighted by Gasteiger charge is 2.11. The molecule has 0 saturated heterocycles. The number of nitro benzene ring substituents is 1. The van der Waals surface area contributed by atoms with Gasteiger partial charge in [0.15, 0.2) is 0 Å². The lowest BCUT2D eigenvalue weighted by molar-refractivity contribution is -0.385. The smallest absolute Gasteiger partial charge is 0.273 e. The van der Waals surface area contributed by atoms with E-state index in [0.29, 0.717) is 30.7 Å². The second-order valence-electron chi connectivity index (χ2n) is 4.53. The molecule has 2 aromatic rings. The molecule has 0 aliphatic heterocycles. The fourth-order valence-corrected chi connectivity index (χ4v) is 1.94. The highest BCUT2D eigenvalue weighted by molar-refractivity contribution is 5.42. The van der Waals surface area contributed by atoms with Crippen molar-refractivity contribution in [3.63, 3.8) is 0 Å². The molecule has 1 heterocycles. The summed E-state index contributed by atoms with van der Waals surface area (Å²) in [6.45, 7) is 0.471. The fourth-order valence-electron chi connectivity index (χ4n) is 1.94. The van der Waals surface area contributed by atoms with Crippen LogP contribution in [0.1, 0.15) is 17.7 Å². The monoisotopic (exact) mass is 292 g/mol. The van der Waals surface area contributed by atoms with Gasteiger partial charge in [-0.15, -0.1) is 5.10 Å². The molecule has 1 aromatic carbocycles. The normalized spacial score (nSPS) is 10.6. The molecule has 21 heavy (non-hydrogen) atoms. The van der Waals surface area contributed by atoms with E-state index in [-0.39, 0.29) is 12.3 Å². The van der Waals surface area contributed by atoms with E-state index < -0.39 is 4.92 Å². The number of methoxy groups -OCH3 is 1. The molecule has 8 nitrogen and oxygen atoms in total. The molecular formula is C13H16N4O4. The molecule has 1 N–H and O–H groups in total. The van der Waals surface area contributed by atoms with Crippen molar-refractivity contribution in [1.29, 1.82) is 0 Å². The molecule has 0 spiro atoms. The van der Waals surface area contributed by atoms with Gasteiger partial charge < -0.3 is 9.84 Å². The van der Waals surface area contributed by atoms with Crippen LogP contribution in [-0.2, 0) is 13.0 Å². The van der Waals surface area contributed by atoms with E-state index in [9.17, 15) is 10.1 Å². The van der Waals surface area contributed by atoms with Gasteiger partial charge in [-0.3, -0.25) is 10.1 Å². The summed E-state index contributed by atoms with van der Waals surface area (Å²) in [7, 11) is 1.46. The van der Waals surface area contributed by atoms with Gasteiger partial charge in [-0.2, -0.15) is 0 Å². The Bertz CT molecular complexity index is 626. The first-order chi connectivity index (χ1) is 10.1. The molecule has 0 amide bonds. The third-order valence-electron chi connectivity index (χ3n) is 2.92.